The maximum Gasteiger partial charge on any atom is 0.332 e. The van der Waals surface area contributed by atoms with Crippen LogP contribution in [0.2, 0.25) is 0 Å². The van der Waals surface area contributed by atoms with E-state index in [1.54, 1.807) is 31.2 Å². The van der Waals surface area contributed by atoms with E-state index in [1.165, 1.54) is 6.26 Å². The molecular formula is C27H28O7S. The average Bonchev–Trinajstić information content (AvgIpc) is 2.83. The third-order valence-corrected chi connectivity index (χ3v) is 6.90. The number of hydrogen-bond donors (Lipinski definition) is 0. The van der Waals surface area contributed by atoms with Gasteiger partial charge in [0.25, 0.3) is 0 Å². The molecule has 0 aromatic heterocycles. The molecule has 3 aromatic rings. The second-order valence-electron chi connectivity index (χ2n) is 8.39. The van der Waals surface area contributed by atoms with Crippen molar-refractivity contribution < 1.29 is 32.2 Å². The molecule has 8 heteroatoms. The van der Waals surface area contributed by atoms with Crippen LogP contribution in [0.25, 0.3) is 11.1 Å². The summed E-state index contributed by atoms with van der Waals surface area (Å²) < 4.78 is 45.5. The van der Waals surface area contributed by atoms with Crippen LogP contribution in [0.15, 0.2) is 77.7 Å². The van der Waals surface area contributed by atoms with E-state index in [1.807, 2.05) is 48.5 Å². The van der Waals surface area contributed by atoms with Crippen LogP contribution in [0.5, 0.6) is 5.75 Å². The highest BCUT2D eigenvalue weighted by Gasteiger charge is 2.42. The summed E-state index contributed by atoms with van der Waals surface area (Å²) in [6.45, 7) is 3.09. The van der Waals surface area contributed by atoms with Gasteiger partial charge in [-0.2, -0.15) is 0 Å². The molecular weight excluding hydrogens is 468 g/mol. The lowest BCUT2D eigenvalue weighted by atomic mass is 9.91. The Morgan fingerprint density at radius 2 is 1.69 bits per heavy atom. The minimum Gasteiger partial charge on any atom is -0.489 e. The lowest BCUT2D eigenvalue weighted by Crippen LogP contribution is -2.49. The van der Waals surface area contributed by atoms with Gasteiger partial charge in [-0.25, -0.2) is 13.2 Å². The van der Waals surface area contributed by atoms with Crippen LogP contribution >= 0.6 is 0 Å². The number of esters is 1. The number of benzene rings is 3. The van der Waals surface area contributed by atoms with Gasteiger partial charge in [0.2, 0.25) is 0 Å². The van der Waals surface area contributed by atoms with Gasteiger partial charge in [-0.15, -0.1) is 0 Å². The Labute approximate surface area is 205 Å². The first kappa shape index (κ1) is 24.9. The predicted molar refractivity (Wildman–Crippen MR) is 131 cm³/mol. The SMILES string of the molecule is CCOC(=O)COC1(c2ccc(OCc3cccc(-c4ccc(S(C)(=O)=O)cc4)c3)cc2)COC1. The van der Waals surface area contributed by atoms with E-state index < -0.39 is 21.4 Å². The molecule has 1 aliphatic rings. The molecule has 4 rings (SSSR count). The molecule has 1 heterocycles. The number of ether oxygens (including phenoxy) is 4. The summed E-state index contributed by atoms with van der Waals surface area (Å²) in [6, 6.07) is 22.3. The Hall–Kier alpha value is -3.20. The summed E-state index contributed by atoms with van der Waals surface area (Å²) in [4.78, 5) is 12.0. The molecule has 0 amide bonds. The number of rotatable bonds is 10. The van der Waals surface area contributed by atoms with Gasteiger partial charge in [0.1, 0.15) is 24.6 Å². The molecule has 184 valence electrons. The largest absolute Gasteiger partial charge is 0.489 e. The monoisotopic (exact) mass is 496 g/mol. The molecule has 0 bridgehead atoms. The second kappa shape index (κ2) is 10.6. The third kappa shape index (κ3) is 6.08. The summed E-state index contributed by atoms with van der Waals surface area (Å²) >= 11 is 0. The van der Waals surface area contributed by atoms with Crippen molar-refractivity contribution in [3.8, 4) is 16.9 Å². The van der Waals surface area contributed by atoms with Gasteiger partial charge in [0.15, 0.2) is 9.84 Å². The standard InChI is InChI=1S/C27H28O7S/c1-3-32-26(28)17-34-27(18-31-19-27)23-9-11-24(12-10-23)33-16-20-5-4-6-22(15-20)21-7-13-25(14-8-21)35(2,29)30/h4-15H,3,16-19H2,1-2H3. The van der Waals surface area contributed by atoms with Crippen molar-refractivity contribution >= 4 is 15.8 Å². The molecule has 0 unspecified atom stereocenters. The Morgan fingerprint density at radius 3 is 2.29 bits per heavy atom. The zero-order chi connectivity index (χ0) is 24.9. The highest BCUT2D eigenvalue weighted by atomic mass is 32.2. The molecule has 0 atom stereocenters. The molecule has 1 saturated heterocycles. The van der Waals surface area contributed by atoms with Crippen molar-refractivity contribution in [3.05, 3.63) is 83.9 Å². The summed E-state index contributed by atoms with van der Waals surface area (Å²) in [5, 5.41) is 0. The molecule has 3 aromatic carbocycles. The Kier molecular flexibility index (Phi) is 7.54. The number of hydrogen-bond acceptors (Lipinski definition) is 7. The van der Waals surface area contributed by atoms with Crippen LogP contribution in [0, 0.1) is 0 Å². The fourth-order valence-corrected chi connectivity index (χ4v) is 4.41. The fraction of sp³-hybridized carbons (Fsp3) is 0.296. The van der Waals surface area contributed by atoms with E-state index in [2.05, 4.69) is 0 Å². The van der Waals surface area contributed by atoms with Crippen molar-refractivity contribution in [2.24, 2.45) is 0 Å². The van der Waals surface area contributed by atoms with Crippen LogP contribution in [0.3, 0.4) is 0 Å². The molecule has 0 spiro atoms. The Balaban J connectivity index is 1.38. The lowest BCUT2D eigenvalue weighted by molar-refractivity contribution is -0.221. The fourth-order valence-electron chi connectivity index (χ4n) is 3.78. The van der Waals surface area contributed by atoms with Crippen molar-refractivity contribution in [1.29, 1.82) is 0 Å². The summed E-state index contributed by atoms with van der Waals surface area (Å²) in [6.07, 6.45) is 1.20. The number of carbonyl (C=O) groups excluding carboxylic acids is 1. The van der Waals surface area contributed by atoms with Crippen molar-refractivity contribution in [2.45, 2.75) is 24.0 Å². The highest BCUT2D eigenvalue weighted by molar-refractivity contribution is 7.90. The van der Waals surface area contributed by atoms with Crippen molar-refractivity contribution in [2.75, 3.05) is 32.7 Å². The van der Waals surface area contributed by atoms with E-state index in [4.69, 9.17) is 18.9 Å². The summed E-state index contributed by atoms with van der Waals surface area (Å²) in [7, 11) is -3.22. The second-order valence-corrected chi connectivity index (χ2v) is 10.4. The maximum atomic E-state index is 11.7. The molecule has 1 fully saturated rings. The number of sulfone groups is 1. The van der Waals surface area contributed by atoms with Crippen molar-refractivity contribution in [1.82, 2.24) is 0 Å². The van der Waals surface area contributed by atoms with Crippen LogP contribution < -0.4 is 4.74 Å². The summed E-state index contributed by atoms with van der Waals surface area (Å²) in [5.74, 6) is 0.310. The average molecular weight is 497 g/mol. The molecule has 1 aliphatic heterocycles. The van der Waals surface area contributed by atoms with Gasteiger partial charge in [-0.05, 0) is 59.5 Å². The molecule has 7 nitrogen and oxygen atoms in total. The van der Waals surface area contributed by atoms with Gasteiger partial charge in [-0.3, -0.25) is 0 Å². The Morgan fingerprint density at radius 1 is 0.971 bits per heavy atom. The minimum atomic E-state index is -3.22. The van der Waals surface area contributed by atoms with Gasteiger partial charge >= 0.3 is 5.97 Å². The van der Waals surface area contributed by atoms with E-state index in [9.17, 15) is 13.2 Å². The van der Waals surface area contributed by atoms with Crippen LogP contribution in [0.1, 0.15) is 18.1 Å². The van der Waals surface area contributed by atoms with Gasteiger partial charge in [0, 0.05) is 6.26 Å². The maximum absolute atomic E-state index is 11.7. The first-order chi connectivity index (χ1) is 16.8. The highest BCUT2D eigenvalue weighted by Crippen LogP contribution is 2.34. The van der Waals surface area contributed by atoms with Crippen molar-refractivity contribution in [3.63, 3.8) is 0 Å². The molecule has 0 aliphatic carbocycles. The predicted octanol–water partition coefficient (Wildman–Crippen LogP) is 4.14. The topological polar surface area (TPSA) is 88.1 Å². The quantitative estimate of drug-likeness (QED) is 0.390. The minimum absolute atomic E-state index is 0.122. The van der Waals surface area contributed by atoms with Crippen LogP contribution in [0.4, 0.5) is 0 Å². The molecule has 0 N–H and O–H groups in total. The summed E-state index contributed by atoms with van der Waals surface area (Å²) in [5.41, 5.74) is 3.17. The zero-order valence-electron chi connectivity index (χ0n) is 19.7. The normalized spacial score (nSPS) is 14.7. The van der Waals surface area contributed by atoms with E-state index in [0.29, 0.717) is 37.1 Å². The number of carbonyl (C=O) groups is 1. The van der Waals surface area contributed by atoms with Gasteiger partial charge in [0.05, 0.1) is 24.7 Å². The van der Waals surface area contributed by atoms with E-state index >= 15 is 0 Å². The zero-order valence-corrected chi connectivity index (χ0v) is 20.5. The molecule has 35 heavy (non-hydrogen) atoms. The first-order valence-corrected chi connectivity index (χ1v) is 13.2. The van der Waals surface area contributed by atoms with E-state index in [-0.39, 0.29) is 6.61 Å². The first-order valence-electron chi connectivity index (χ1n) is 11.3. The Bertz CT molecular complexity index is 1260. The van der Waals surface area contributed by atoms with Crippen LogP contribution in [-0.4, -0.2) is 47.1 Å². The lowest BCUT2D eigenvalue weighted by Gasteiger charge is -2.41. The van der Waals surface area contributed by atoms with Crippen LogP contribution in [-0.2, 0) is 41.1 Å². The molecule has 0 radical (unpaired) electrons. The van der Waals surface area contributed by atoms with Gasteiger partial charge in [-0.1, -0.05) is 42.5 Å². The third-order valence-electron chi connectivity index (χ3n) is 5.77. The van der Waals surface area contributed by atoms with E-state index in [0.717, 1.165) is 22.3 Å². The van der Waals surface area contributed by atoms with Gasteiger partial charge < -0.3 is 18.9 Å². The smallest absolute Gasteiger partial charge is 0.332 e. The molecule has 0 saturated carbocycles.